The third kappa shape index (κ3) is 3.49. The van der Waals surface area contributed by atoms with E-state index in [0.717, 1.165) is 13.2 Å². The van der Waals surface area contributed by atoms with Crippen molar-refractivity contribution in [2.75, 3.05) is 24.7 Å². The Kier molecular flexibility index (Phi) is 4.23. The minimum Gasteiger partial charge on any atom is -0.465 e. The number of halogens is 4. The second kappa shape index (κ2) is 5.33. The number of carbonyl (C=O) groups is 1. The third-order valence-corrected chi connectivity index (χ3v) is 2.46. The number of methoxy groups -OCH3 is 1. The Bertz CT molecular complexity index is 500. The fourth-order valence-electron chi connectivity index (χ4n) is 1.46. The van der Waals surface area contributed by atoms with Crippen LogP contribution in [0.25, 0.3) is 0 Å². The maximum atomic E-state index is 13.6. The third-order valence-electron chi connectivity index (χ3n) is 2.46. The van der Waals surface area contributed by atoms with Crippen LogP contribution in [0, 0.1) is 12.7 Å². The maximum Gasteiger partial charge on any atom is 0.405 e. The number of esters is 1. The van der Waals surface area contributed by atoms with Crippen molar-refractivity contribution < 1.29 is 27.1 Å². The van der Waals surface area contributed by atoms with Gasteiger partial charge in [-0.15, -0.1) is 0 Å². The van der Waals surface area contributed by atoms with Gasteiger partial charge in [0, 0.05) is 0 Å². The molecule has 0 bridgehead atoms. The molecule has 8 heteroatoms. The lowest BCUT2D eigenvalue weighted by Crippen LogP contribution is -2.23. The van der Waals surface area contributed by atoms with Gasteiger partial charge in [0.2, 0.25) is 0 Å². The molecule has 0 aliphatic heterocycles. The molecule has 1 aromatic rings. The molecule has 0 atom stereocenters. The van der Waals surface area contributed by atoms with Crippen molar-refractivity contribution in [3.8, 4) is 0 Å². The Hall–Kier alpha value is -1.99. The van der Waals surface area contributed by atoms with Crippen LogP contribution in [0.15, 0.2) is 6.07 Å². The second-order valence-electron chi connectivity index (χ2n) is 3.78. The molecule has 0 unspecified atom stereocenters. The number of carbonyl (C=O) groups excluding carboxylic acids is 1. The summed E-state index contributed by atoms with van der Waals surface area (Å²) in [5.74, 6) is -1.86. The number of alkyl halides is 3. The molecule has 3 N–H and O–H groups in total. The Morgan fingerprint density at radius 2 is 2.05 bits per heavy atom. The first-order valence-corrected chi connectivity index (χ1v) is 5.15. The summed E-state index contributed by atoms with van der Waals surface area (Å²) in [6, 6.07) is 0.788. The quantitative estimate of drug-likeness (QED) is 0.507. The van der Waals surface area contributed by atoms with Crippen LogP contribution < -0.4 is 11.1 Å². The molecule has 0 radical (unpaired) electrons. The second-order valence-corrected chi connectivity index (χ2v) is 3.78. The maximum absolute atomic E-state index is 13.6. The predicted octanol–water partition coefficient (Wildman–Crippen LogP) is 2.48. The molecule has 106 valence electrons. The van der Waals surface area contributed by atoms with E-state index in [1.54, 1.807) is 0 Å². The number of nitrogen functional groups attached to an aromatic ring is 1. The van der Waals surface area contributed by atoms with Gasteiger partial charge in [0.1, 0.15) is 12.4 Å². The number of benzene rings is 1. The molecule has 4 nitrogen and oxygen atoms in total. The molecule has 0 spiro atoms. The van der Waals surface area contributed by atoms with Crippen LogP contribution in [0.5, 0.6) is 0 Å². The molecule has 0 aliphatic carbocycles. The van der Waals surface area contributed by atoms with Crippen molar-refractivity contribution in [1.29, 1.82) is 0 Å². The highest BCUT2D eigenvalue weighted by atomic mass is 19.4. The molecule has 0 heterocycles. The number of ether oxygens (including phenoxy) is 1. The summed E-state index contributed by atoms with van der Waals surface area (Å²) >= 11 is 0. The Labute approximate surface area is 106 Å². The van der Waals surface area contributed by atoms with E-state index in [4.69, 9.17) is 5.73 Å². The van der Waals surface area contributed by atoms with Gasteiger partial charge in [0.25, 0.3) is 0 Å². The van der Waals surface area contributed by atoms with Crippen LogP contribution >= 0.6 is 0 Å². The average Bonchev–Trinajstić information content (AvgIpc) is 2.31. The van der Waals surface area contributed by atoms with Gasteiger partial charge >= 0.3 is 12.1 Å². The zero-order valence-corrected chi connectivity index (χ0v) is 10.2. The molecule has 19 heavy (non-hydrogen) atoms. The van der Waals surface area contributed by atoms with Gasteiger partial charge in [-0.2, -0.15) is 13.2 Å². The number of nitrogens with two attached hydrogens (primary N) is 1. The van der Waals surface area contributed by atoms with Crippen molar-refractivity contribution in [3.05, 3.63) is 23.0 Å². The zero-order valence-electron chi connectivity index (χ0n) is 10.2. The lowest BCUT2D eigenvalue weighted by molar-refractivity contribution is -0.115. The van der Waals surface area contributed by atoms with Crippen molar-refractivity contribution in [2.45, 2.75) is 13.1 Å². The normalized spacial score (nSPS) is 11.3. The fourth-order valence-corrected chi connectivity index (χ4v) is 1.46. The zero-order chi connectivity index (χ0) is 14.8. The Balaban J connectivity index is 3.16. The molecule has 0 saturated carbocycles. The van der Waals surface area contributed by atoms with Gasteiger partial charge in [-0.1, -0.05) is 0 Å². The standard InChI is InChI=1S/C11H12F4N2O2/c1-5-6(10(18)19-2)3-7(12)9(8(5)16)17-4-11(13,14)15/h3,17H,4,16H2,1-2H3. The highest BCUT2D eigenvalue weighted by molar-refractivity contribution is 5.94. The van der Waals surface area contributed by atoms with E-state index in [0.29, 0.717) is 0 Å². The van der Waals surface area contributed by atoms with E-state index in [1.807, 2.05) is 5.32 Å². The van der Waals surface area contributed by atoms with E-state index in [9.17, 15) is 22.4 Å². The highest BCUT2D eigenvalue weighted by Gasteiger charge is 2.28. The van der Waals surface area contributed by atoms with E-state index in [2.05, 4.69) is 4.74 Å². The first-order chi connectivity index (χ1) is 8.67. The van der Waals surface area contributed by atoms with Crippen LogP contribution in [0.3, 0.4) is 0 Å². The topological polar surface area (TPSA) is 64.3 Å². The Morgan fingerprint density at radius 1 is 1.47 bits per heavy atom. The lowest BCUT2D eigenvalue weighted by Gasteiger charge is -2.16. The smallest absolute Gasteiger partial charge is 0.405 e. The SMILES string of the molecule is COC(=O)c1cc(F)c(NCC(F)(F)F)c(N)c1C. The van der Waals surface area contributed by atoms with Gasteiger partial charge in [-0.3, -0.25) is 0 Å². The van der Waals surface area contributed by atoms with Crippen LogP contribution in [0.1, 0.15) is 15.9 Å². The molecule has 1 aromatic carbocycles. The number of hydrogen-bond acceptors (Lipinski definition) is 4. The monoisotopic (exact) mass is 280 g/mol. The van der Waals surface area contributed by atoms with E-state index >= 15 is 0 Å². The van der Waals surface area contributed by atoms with Crippen LogP contribution in [0.4, 0.5) is 28.9 Å². The van der Waals surface area contributed by atoms with Crippen LogP contribution in [0.2, 0.25) is 0 Å². The number of anilines is 2. The first-order valence-electron chi connectivity index (χ1n) is 5.15. The molecule has 0 amide bonds. The Morgan fingerprint density at radius 3 is 2.53 bits per heavy atom. The molecule has 0 aliphatic rings. The number of nitrogens with one attached hydrogen (secondary N) is 1. The summed E-state index contributed by atoms with van der Waals surface area (Å²) in [5.41, 5.74) is 4.81. The van der Waals surface area contributed by atoms with E-state index in [-0.39, 0.29) is 16.8 Å². The first kappa shape index (κ1) is 15.1. The highest BCUT2D eigenvalue weighted by Crippen LogP contribution is 2.30. The van der Waals surface area contributed by atoms with Gasteiger partial charge in [0.15, 0.2) is 0 Å². The van der Waals surface area contributed by atoms with Crippen LogP contribution in [-0.2, 0) is 4.74 Å². The number of hydrogen-bond donors (Lipinski definition) is 2. The van der Waals surface area contributed by atoms with E-state index < -0.39 is 30.2 Å². The summed E-state index contributed by atoms with van der Waals surface area (Å²) in [6.07, 6.45) is -4.51. The minimum atomic E-state index is -4.51. The molecular weight excluding hydrogens is 268 g/mol. The van der Waals surface area contributed by atoms with Crippen molar-refractivity contribution >= 4 is 17.3 Å². The van der Waals surface area contributed by atoms with Crippen LogP contribution in [-0.4, -0.2) is 25.8 Å². The van der Waals surface area contributed by atoms with Crippen molar-refractivity contribution in [2.24, 2.45) is 0 Å². The summed E-state index contributed by atoms with van der Waals surface area (Å²) in [5, 5.41) is 1.87. The van der Waals surface area contributed by atoms with Crippen molar-refractivity contribution in [1.82, 2.24) is 0 Å². The van der Waals surface area contributed by atoms with Gasteiger partial charge in [0.05, 0.1) is 24.0 Å². The molecule has 1 rings (SSSR count). The fraction of sp³-hybridized carbons (Fsp3) is 0.364. The lowest BCUT2D eigenvalue weighted by atomic mass is 10.0. The number of rotatable bonds is 3. The predicted molar refractivity (Wildman–Crippen MR) is 61.4 cm³/mol. The van der Waals surface area contributed by atoms with Crippen molar-refractivity contribution in [3.63, 3.8) is 0 Å². The van der Waals surface area contributed by atoms with Gasteiger partial charge in [-0.25, -0.2) is 9.18 Å². The summed E-state index contributed by atoms with van der Waals surface area (Å²) in [7, 11) is 1.10. The summed E-state index contributed by atoms with van der Waals surface area (Å²) < 4.78 is 54.3. The molecule has 0 fully saturated rings. The largest absolute Gasteiger partial charge is 0.465 e. The molecule has 0 saturated heterocycles. The summed E-state index contributed by atoms with van der Waals surface area (Å²) in [6.45, 7) is -0.0368. The van der Waals surface area contributed by atoms with E-state index in [1.165, 1.54) is 6.92 Å². The molecular formula is C11H12F4N2O2. The summed E-state index contributed by atoms with van der Waals surface area (Å²) in [4.78, 5) is 11.3. The van der Waals surface area contributed by atoms with Gasteiger partial charge < -0.3 is 15.8 Å². The van der Waals surface area contributed by atoms with Gasteiger partial charge in [-0.05, 0) is 18.6 Å². The average molecular weight is 280 g/mol. The minimum absolute atomic E-state index is 0.130. The molecule has 0 aromatic heterocycles.